The number of unbranched alkanes of at least 4 members (excludes halogenated alkanes) is 1. The van der Waals surface area contributed by atoms with Crippen LogP contribution in [0.3, 0.4) is 0 Å². The lowest BCUT2D eigenvalue weighted by molar-refractivity contribution is 0.361. The van der Waals surface area contributed by atoms with Crippen LogP contribution in [-0.2, 0) is 0 Å². The summed E-state index contributed by atoms with van der Waals surface area (Å²) >= 11 is 5.18. The Hall–Kier alpha value is -0.900. The smallest absolute Gasteiger partial charge is 0.224 e. The fraction of sp³-hybridized carbons (Fsp3) is 0.750. The normalized spacial score (nSPS) is 11.9. The maximum atomic E-state index is 12.0. The number of nitrogens with zero attached hydrogens (tertiary/aromatic N) is 2. The van der Waals surface area contributed by atoms with E-state index in [-0.39, 0.29) is 5.43 Å². The zero-order valence-corrected chi connectivity index (χ0v) is 14.6. The van der Waals surface area contributed by atoms with Crippen molar-refractivity contribution in [1.29, 1.82) is 0 Å². The monoisotopic (exact) mass is 296 g/mol. The molecule has 0 spiro atoms. The van der Waals surface area contributed by atoms with E-state index in [2.05, 4.69) is 37.5 Å². The molecular formula is C16H28N2OS. The molecule has 0 saturated heterocycles. The third kappa shape index (κ3) is 4.05. The van der Waals surface area contributed by atoms with Crippen LogP contribution in [0.4, 0.5) is 11.4 Å². The van der Waals surface area contributed by atoms with E-state index in [1.807, 2.05) is 14.1 Å². The van der Waals surface area contributed by atoms with Gasteiger partial charge in [0.05, 0.1) is 5.69 Å². The van der Waals surface area contributed by atoms with Gasteiger partial charge in [-0.05, 0) is 25.2 Å². The highest BCUT2D eigenvalue weighted by molar-refractivity contribution is 7.71. The molecule has 0 aromatic heterocycles. The van der Waals surface area contributed by atoms with Gasteiger partial charge in [0.1, 0.15) is 10.2 Å². The van der Waals surface area contributed by atoms with Crippen molar-refractivity contribution >= 4 is 23.6 Å². The molecule has 0 aliphatic carbocycles. The molecule has 20 heavy (non-hydrogen) atoms. The minimum absolute atomic E-state index is 0.0358. The molecule has 0 radical (unpaired) electrons. The zero-order valence-electron chi connectivity index (χ0n) is 13.7. The van der Waals surface area contributed by atoms with Crippen LogP contribution in [0.15, 0.2) is 4.79 Å². The van der Waals surface area contributed by atoms with Gasteiger partial charge in [0.25, 0.3) is 0 Å². The van der Waals surface area contributed by atoms with Gasteiger partial charge < -0.3 is 9.80 Å². The summed E-state index contributed by atoms with van der Waals surface area (Å²) in [5.41, 5.74) is 2.17. The largest absolute Gasteiger partial charge is 0.372 e. The van der Waals surface area contributed by atoms with Crippen LogP contribution in [0.1, 0.15) is 47.0 Å². The Morgan fingerprint density at radius 2 is 1.65 bits per heavy atom. The molecule has 0 bridgehead atoms. The van der Waals surface area contributed by atoms with Crippen molar-refractivity contribution in [2.24, 2.45) is 5.41 Å². The molecule has 0 heterocycles. The van der Waals surface area contributed by atoms with Crippen LogP contribution in [-0.4, -0.2) is 27.2 Å². The molecule has 3 nitrogen and oxygen atoms in total. The Kier molecular flexibility index (Phi) is 5.75. The average Bonchev–Trinajstić information content (AvgIpc) is 2.37. The molecule has 114 valence electrons. The number of anilines is 2. The first-order valence-electron chi connectivity index (χ1n) is 7.44. The lowest BCUT2D eigenvalue weighted by Gasteiger charge is -2.29. The molecule has 0 unspecified atom stereocenters. The third-order valence-corrected chi connectivity index (χ3v) is 4.15. The summed E-state index contributed by atoms with van der Waals surface area (Å²) in [6.45, 7) is 10.6. The number of hydrogen-bond donors (Lipinski definition) is 0. The maximum Gasteiger partial charge on any atom is 0.224 e. The highest BCUT2D eigenvalue weighted by Crippen LogP contribution is 2.30. The highest BCUT2D eigenvalue weighted by Gasteiger charge is 2.23. The molecule has 0 atom stereocenters. The highest BCUT2D eigenvalue weighted by atomic mass is 32.1. The van der Waals surface area contributed by atoms with Gasteiger partial charge in [-0.1, -0.05) is 39.4 Å². The Balaban J connectivity index is 2.61. The molecule has 0 aliphatic rings. The topological polar surface area (TPSA) is 23.6 Å². The van der Waals surface area contributed by atoms with Gasteiger partial charge in [0.2, 0.25) is 5.43 Å². The fourth-order valence-electron chi connectivity index (χ4n) is 2.35. The average molecular weight is 296 g/mol. The second kappa shape index (κ2) is 6.70. The van der Waals surface area contributed by atoms with Crippen molar-refractivity contribution in [2.45, 2.75) is 47.0 Å². The van der Waals surface area contributed by atoms with E-state index in [4.69, 9.17) is 12.2 Å². The quantitative estimate of drug-likeness (QED) is 0.564. The Morgan fingerprint density at radius 1 is 1.05 bits per heavy atom. The number of rotatable bonds is 7. The zero-order chi connectivity index (χ0) is 15.5. The van der Waals surface area contributed by atoms with Crippen LogP contribution in [0.25, 0.3) is 0 Å². The Morgan fingerprint density at radius 3 is 2.15 bits per heavy atom. The van der Waals surface area contributed by atoms with Crippen molar-refractivity contribution in [3.63, 3.8) is 0 Å². The minimum Gasteiger partial charge on any atom is -0.372 e. The van der Waals surface area contributed by atoms with Gasteiger partial charge in [-0.25, -0.2) is 0 Å². The van der Waals surface area contributed by atoms with E-state index in [1.165, 1.54) is 12.8 Å². The van der Waals surface area contributed by atoms with E-state index >= 15 is 0 Å². The lowest BCUT2D eigenvalue weighted by Crippen LogP contribution is -2.33. The van der Waals surface area contributed by atoms with Gasteiger partial charge in [0.15, 0.2) is 0 Å². The summed E-state index contributed by atoms with van der Waals surface area (Å²) in [5.74, 6) is 0. The predicted octanol–water partition coefficient (Wildman–Crippen LogP) is 3.76. The summed E-state index contributed by atoms with van der Waals surface area (Å²) in [6.07, 6.45) is 3.52. The molecule has 4 heteroatoms. The van der Waals surface area contributed by atoms with Gasteiger partial charge in [-0.2, -0.15) is 0 Å². The first-order chi connectivity index (χ1) is 9.19. The summed E-state index contributed by atoms with van der Waals surface area (Å²) in [4.78, 5) is 16.1. The van der Waals surface area contributed by atoms with E-state index in [0.717, 1.165) is 30.9 Å². The molecule has 1 aromatic rings. The number of hydrogen-bond acceptors (Lipinski definition) is 4. The summed E-state index contributed by atoms with van der Waals surface area (Å²) in [7, 11) is 3.98. The van der Waals surface area contributed by atoms with E-state index in [0.29, 0.717) is 9.93 Å². The molecule has 0 fully saturated rings. The van der Waals surface area contributed by atoms with Gasteiger partial charge in [0, 0.05) is 27.2 Å². The SMILES string of the molecule is CCN(C)c1c(N(C)CCCCC(C)(C)C)c(=O)c1=S. The van der Waals surface area contributed by atoms with Crippen LogP contribution >= 0.6 is 12.2 Å². The summed E-state index contributed by atoms with van der Waals surface area (Å²) < 4.78 is 0.492. The van der Waals surface area contributed by atoms with Crippen molar-refractivity contribution < 1.29 is 0 Å². The van der Waals surface area contributed by atoms with Crippen molar-refractivity contribution in [3.05, 3.63) is 14.7 Å². The van der Waals surface area contributed by atoms with E-state index < -0.39 is 0 Å². The molecule has 0 N–H and O–H groups in total. The van der Waals surface area contributed by atoms with Crippen LogP contribution in [0.5, 0.6) is 0 Å². The molecule has 0 amide bonds. The fourth-order valence-corrected chi connectivity index (χ4v) is 2.70. The van der Waals surface area contributed by atoms with Crippen LogP contribution in [0.2, 0.25) is 0 Å². The molecule has 1 rings (SSSR count). The maximum absolute atomic E-state index is 12.0. The van der Waals surface area contributed by atoms with Crippen molar-refractivity contribution in [3.8, 4) is 0 Å². The second-order valence-electron chi connectivity index (χ2n) is 6.81. The van der Waals surface area contributed by atoms with E-state index in [9.17, 15) is 4.79 Å². The molecular weight excluding hydrogens is 268 g/mol. The second-order valence-corrected chi connectivity index (χ2v) is 7.22. The summed E-state index contributed by atoms with van der Waals surface area (Å²) in [5, 5.41) is 0. The van der Waals surface area contributed by atoms with Gasteiger partial charge in [-0.3, -0.25) is 4.79 Å². The van der Waals surface area contributed by atoms with Crippen molar-refractivity contribution in [2.75, 3.05) is 37.0 Å². The van der Waals surface area contributed by atoms with Crippen molar-refractivity contribution in [1.82, 2.24) is 0 Å². The minimum atomic E-state index is 0.0358. The third-order valence-electron chi connectivity index (χ3n) is 3.77. The lowest BCUT2D eigenvalue weighted by atomic mass is 9.90. The molecule has 1 aromatic carbocycles. The van der Waals surface area contributed by atoms with E-state index in [1.54, 1.807) is 0 Å². The Labute approximate surface area is 128 Å². The predicted molar refractivity (Wildman–Crippen MR) is 91.4 cm³/mol. The molecule has 0 saturated carbocycles. The van der Waals surface area contributed by atoms with Gasteiger partial charge >= 0.3 is 0 Å². The van der Waals surface area contributed by atoms with Gasteiger partial charge in [-0.15, -0.1) is 0 Å². The van der Waals surface area contributed by atoms with Crippen LogP contribution < -0.4 is 15.2 Å². The standard InChI is InChI=1S/C16H28N2OS/c1-7-17(5)13-12(14(19)15(13)20)18(6)11-9-8-10-16(2,3)4/h7-11H2,1-6H3. The Bertz CT molecular complexity index is 509. The van der Waals surface area contributed by atoms with Crippen LogP contribution in [0, 0.1) is 9.93 Å². The summed E-state index contributed by atoms with van der Waals surface area (Å²) in [6, 6.07) is 0. The molecule has 0 aliphatic heterocycles. The first kappa shape index (κ1) is 17.2. The first-order valence-corrected chi connectivity index (χ1v) is 7.85.